The molecule has 14 nitrogen and oxygen atoms in total. The molecule has 19 atom stereocenters. The van der Waals surface area contributed by atoms with Crippen LogP contribution in [-0.2, 0) is 23.7 Å². The van der Waals surface area contributed by atoms with E-state index in [0.717, 1.165) is 12.8 Å². The van der Waals surface area contributed by atoms with Crippen LogP contribution in [0.3, 0.4) is 0 Å². The summed E-state index contributed by atoms with van der Waals surface area (Å²) in [6, 6.07) is 0. The Labute approximate surface area is 317 Å². The predicted molar refractivity (Wildman–Crippen MR) is 190 cm³/mol. The molecule has 0 aromatic carbocycles. The Morgan fingerprint density at radius 2 is 1.50 bits per heavy atom. The third kappa shape index (κ3) is 5.67. The van der Waals surface area contributed by atoms with Gasteiger partial charge in [-0.1, -0.05) is 40.7 Å². The molecule has 308 valence electrons. The summed E-state index contributed by atoms with van der Waals surface area (Å²) >= 11 is 0. The maximum atomic E-state index is 14.5. The summed E-state index contributed by atoms with van der Waals surface area (Å²) in [6.07, 6.45) is -6.35. The molecule has 0 radical (unpaired) electrons. The Balaban J connectivity index is 1.19. The Morgan fingerprint density at radius 1 is 0.815 bits per heavy atom. The van der Waals surface area contributed by atoms with Gasteiger partial charge < -0.3 is 64.9 Å². The minimum Gasteiger partial charge on any atom is -0.432 e. The first-order valence-electron chi connectivity index (χ1n) is 20.1. The van der Waals surface area contributed by atoms with Crippen LogP contribution >= 0.6 is 0 Å². The predicted octanol–water partition coefficient (Wildman–Crippen LogP) is 0.651. The Hall–Kier alpha value is -1.27. The van der Waals surface area contributed by atoms with E-state index in [4.69, 9.17) is 18.9 Å². The number of carbonyl (C=O) groups is 1. The van der Waals surface area contributed by atoms with Gasteiger partial charge in [0.05, 0.1) is 35.9 Å². The number of allylic oxidation sites excluding steroid dienone is 1. The maximum absolute atomic E-state index is 14.5. The molecule has 5 aliphatic carbocycles. The molecule has 19 unspecified atom stereocenters. The number of aliphatic hydroxyl groups excluding tert-OH is 7. The van der Waals surface area contributed by atoms with Gasteiger partial charge in [-0.25, -0.2) is 0 Å². The van der Waals surface area contributed by atoms with Gasteiger partial charge in [-0.05, 0) is 98.9 Å². The number of aliphatic hydroxyl groups is 9. The summed E-state index contributed by atoms with van der Waals surface area (Å²) in [7, 11) is 0. The lowest BCUT2D eigenvalue weighted by atomic mass is 9.35. The molecule has 4 saturated carbocycles. The smallest absolute Gasteiger partial charge is 0.315 e. The number of esters is 1. The molecule has 14 heteroatoms. The Morgan fingerprint density at radius 3 is 2.19 bits per heavy atom. The van der Waals surface area contributed by atoms with Gasteiger partial charge in [-0.2, -0.15) is 0 Å². The molecule has 0 amide bonds. The molecular formula is C40H64O14. The van der Waals surface area contributed by atoms with Gasteiger partial charge in [0.2, 0.25) is 6.29 Å². The van der Waals surface area contributed by atoms with E-state index in [1.807, 2.05) is 6.92 Å². The molecule has 7 rings (SSSR count). The highest BCUT2D eigenvalue weighted by Gasteiger charge is 2.73. The highest BCUT2D eigenvalue weighted by atomic mass is 16.7. The highest BCUT2D eigenvalue weighted by Crippen LogP contribution is 2.73. The molecule has 2 heterocycles. The van der Waals surface area contributed by atoms with Gasteiger partial charge in [0, 0.05) is 11.3 Å². The fourth-order valence-corrected chi connectivity index (χ4v) is 13.1. The van der Waals surface area contributed by atoms with E-state index >= 15 is 0 Å². The van der Waals surface area contributed by atoms with Crippen LogP contribution in [0.2, 0.25) is 0 Å². The summed E-state index contributed by atoms with van der Waals surface area (Å²) < 4.78 is 23.5. The van der Waals surface area contributed by atoms with Crippen molar-refractivity contribution in [2.45, 2.75) is 172 Å². The number of fused-ring (bicyclic) bond motifs is 7. The van der Waals surface area contributed by atoms with E-state index in [1.165, 1.54) is 0 Å². The van der Waals surface area contributed by atoms with Gasteiger partial charge in [-0.3, -0.25) is 4.79 Å². The van der Waals surface area contributed by atoms with E-state index in [9.17, 15) is 50.8 Å². The van der Waals surface area contributed by atoms with Crippen molar-refractivity contribution in [1.29, 1.82) is 0 Å². The minimum atomic E-state index is -1.76. The normalized spacial score (nSPS) is 55.6. The van der Waals surface area contributed by atoms with Crippen LogP contribution in [-0.4, -0.2) is 138 Å². The lowest BCUT2D eigenvalue weighted by Crippen LogP contribution is -2.71. The van der Waals surface area contributed by atoms with Crippen LogP contribution in [0, 0.1) is 45.3 Å². The zero-order chi connectivity index (χ0) is 39.6. The minimum absolute atomic E-state index is 0.0470. The van der Waals surface area contributed by atoms with Crippen LogP contribution in [0.1, 0.15) is 99.3 Å². The molecule has 54 heavy (non-hydrogen) atoms. The third-order valence-corrected chi connectivity index (χ3v) is 16.6. The molecule has 0 aromatic rings. The van der Waals surface area contributed by atoms with Crippen molar-refractivity contribution in [3.8, 4) is 0 Å². The largest absolute Gasteiger partial charge is 0.432 e. The summed E-state index contributed by atoms with van der Waals surface area (Å²) in [5, 5.41) is 97.8. The van der Waals surface area contributed by atoms with Crippen LogP contribution in [0.4, 0.5) is 0 Å². The Bertz CT molecular complexity index is 1470. The lowest BCUT2D eigenvalue weighted by molar-refractivity contribution is -0.310. The summed E-state index contributed by atoms with van der Waals surface area (Å²) in [5.74, 6) is -1.53. The second-order valence-corrected chi connectivity index (χ2v) is 19.4. The monoisotopic (exact) mass is 768 g/mol. The first-order chi connectivity index (χ1) is 25.1. The molecule has 7 aliphatic rings. The van der Waals surface area contributed by atoms with Crippen molar-refractivity contribution in [2.24, 2.45) is 45.3 Å². The molecule has 2 saturated heterocycles. The average Bonchev–Trinajstić information content (AvgIpc) is 3.11. The van der Waals surface area contributed by atoms with Gasteiger partial charge in [-0.15, -0.1) is 0 Å². The van der Waals surface area contributed by atoms with Crippen molar-refractivity contribution in [1.82, 2.24) is 0 Å². The first kappa shape index (κ1) is 40.9. The zero-order valence-electron chi connectivity index (χ0n) is 32.5. The summed E-state index contributed by atoms with van der Waals surface area (Å²) in [5.41, 5.74) is -4.60. The summed E-state index contributed by atoms with van der Waals surface area (Å²) in [6.45, 7) is 11.7. The van der Waals surface area contributed by atoms with Crippen molar-refractivity contribution in [3.05, 3.63) is 11.6 Å². The van der Waals surface area contributed by atoms with Crippen molar-refractivity contribution in [2.75, 3.05) is 13.2 Å². The summed E-state index contributed by atoms with van der Waals surface area (Å²) in [4.78, 5) is 14.5. The topological polar surface area (TPSA) is 236 Å². The average molecular weight is 769 g/mol. The highest BCUT2D eigenvalue weighted by molar-refractivity contribution is 5.79. The molecule has 0 bridgehead atoms. The fourth-order valence-electron chi connectivity index (χ4n) is 13.1. The maximum Gasteiger partial charge on any atom is 0.315 e. The van der Waals surface area contributed by atoms with Gasteiger partial charge in [0.1, 0.15) is 42.7 Å². The van der Waals surface area contributed by atoms with Gasteiger partial charge in [0.15, 0.2) is 6.29 Å². The van der Waals surface area contributed by atoms with E-state index in [1.54, 1.807) is 6.92 Å². The zero-order valence-corrected chi connectivity index (χ0v) is 32.5. The van der Waals surface area contributed by atoms with Crippen molar-refractivity contribution < 1.29 is 69.7 Å². The Kier molecular flexibility index (Phi) is 10.3. The number of ether oxygens (including phenoxy) is 4. The fraction of sp³-hybridized carbons (Fsp3) is 0.925. The molecule has 9 N–H and O–H groups in total. The van der Waals surface area contributed by atoms with E-state index in [2.05, 4.69) is 33.8 Å². The first-order valence-corrected chi connectivity index (χ1v) is 20.1. The number of hydrogen-bond acceptors (Lipinski definition) is 14. The van der Waals surface area contributed by atoms with Crippen LogP contribution in [0.25, 0.3) is 0 Å². The van der Waals surface area contributed by atoms with Crippen molar-refractivity contribution in [3.63, 3.8) is 0 Å². The van der Waals surface area contributed by atoms with E-state index in [0.29, 0.717) is 37.7 Å². The number of carbonyl (C=O) groups excluding carboxylic acids is 1. The standard InChI is InChI=1S/C40H64O14/c1-19-9-14-39(34(48)54-33-30(47)28(45)27(44)22(17-41)52-33)15-16-40(50)20(31(39)38(19,6)49)7-8-24-36(4)12-11-25(35(2,3)23(36)10-13-37(24,40)5)53-32-29(46)26(43)21(42)18-51-32/h7,19,21-33,41-47,49-50H,8-18H2,1-6H3. The van der Waals surface area contributed by atoms with Crippen LogP contribution in [0.5, 0.6) is 0 Å². The SMILES string of the molecule is CC1CCC2(C(=O)OC3OC(CO)C(O)C(O)C3O)CCC3(O)C(=CCC4C5(C)CCC(OC6OCC(O)C(O)C6O)C(C)(C)C5CCC43C)C2C1(C)O. The second kappa shape index (κ2) is 13.7. The van der Waals surface area contributed by atoms with Crippen molar-refractivity contribution >= 4 is 5.97 Å². The molecule has 0 aromatic heterocycles. The van der Waals surface area contributed by atoms with E-state index in [-0.39, 0.29) is 54.1 Å². The quantitative estimate of drug-likeness (QED) is 0.106. The molecule has 2 aliphatic heterocycles. The van der Waals surface area contributed by atoms with Crippen LogP contribution < -0.4 is 0 Å². The molecular weight excluding hydrogens is 704 g/mol. The van der Waals surface area contributed by atoms with Gasteiger partial charge >= 0.3 is 5.97 Å². The second-order valence-electron chi connectivity index (χ2n) is 19.4. The number of hydrogen-bond donors (Lipinski definition) is 9. The van der Waals surface area contributed by atoms with Crippen LogP contribution in [0.15, 0.2) is 11.6 Å². The third-order valence-electron chi connectivity index (χ3n) is 16.6. The van der Waals surface area contributed by atoms with Gasteiger partial charge in [0.25, 0.3) is 0 Å². The lowest BCUT2D eigenvalue weighted by Gasteiger charge is -2.71. The molecule has 6 fully saturated rings. The molecule has 0 spiro atoms. The number of rotatable bonds is 5. The van der Waals surface area contributed by atoms with E-state index < -0.39 is 95.8 Å².